The van der Waals surface area contributed by atoms with E-state index in [2.05, 4.69) is 16.0 Å². The molecule has 41 heavy (non-hydrogen) atoms. The van der Waals surface area contributed by atoms with Crippen molar-refractivity contribution in [1.29, 1.82) is 0 Å². The third-order valence-corrected chi connectivity index (χ3v) is 10.7. The number of carbonyl (C=O) groups excluding carboxylic acids is 4. The van der Waals surface area contributed by atoms with Gasteiger partial charge in [0.25, 0.3) is 10.1 Å². The Kier molecular flexibility index (Phi) is 9.40. The number of aliphatic hydroxyl groups is 1. The third-order valence-electron chi connectivity index (χ3n) is 9.74. The van der Waals surface area contributed by atoms with Gasteiger partial charge in [-0.25, -0.2) is 0 Å². The molecule has 4 fully saturated rings. The number of piperidine rings is 1. The molecule has 0 spiro atoms. The van der Waals surface area contributed by atoms with E-state index in [1.807, 2.05) is 27.7 Å². The van der Waals surface area contributed by atoms with Crippen molar-refractivity contribution < 1.29 is 37.3 Å². The Labute approximate surface area is 242 Å². The van der Waals surface area contributed by atoms with Crippen molar-refractivity contribution in [1.82, 2.24) is 20.9 Å². The first-order valence-electron chi connectivity index (χ1n) is 14.9. The van der Waals surface area contributed by atoms with E-state index in [1.165, 1.54) is 4.90 Å². The van der Waals surface area contributed by atoms with Crippen molar-refractivity contribution in [3.05, 3.63) is 0 Å². The topological polar surface area (TPSA) is 182 Å². The highest BCUT2D eigenvalue weighted by atomic mass is 32.2. The fourth-order valence-corrected chi connectivity index (χ4v) is 7.94. The van der Waals surface area contributed by atoms with Gasteiger partial charge in [0.1, 0.15) is 12.1 Å². The van der Waals surface area contributed by atoms with Gasteiger partial charge in [-0.1, -0.05) is 47.0 Å². The minimum Gasteiger partial charge on any atom is -0.374 e. The molecule has 7 atom stereocenters. The predicted octanol–water partition coefficient (Wildman–Crippen LogP) is 0.798. The molecule has 0 bridgehead atoms. The van der Waals surface area contributed by atoms with Crippen LogP contribution < -0.4 is 16.0 Å². The number of nitrogens with one attached hydrogen (secondary N) is 3. The van der Waals surface area contributed by atoms with Crippen molar-refractivity contribution >= 4 is 33.7 Å². The second-order valence-corrected chi connectivity index (χ2v) is 15.0. The third kappa shape index (κ3) is 6.88. The van der Waals surface area contributed by atoms with Crippen LogP contribution in [0.5, 0.6) is 0 Å². The van der Waals surface area contributed by atoms with E-state index < -0.39 is 45.5 Å². The lowest BCUT2D eigenvalue weighted by atomic mass is 9.82. The summed E-state index contributed by atoms with van der Waals surface area (Å²) < 4.78 is 33.3. The van der Waals surface area contributed by atoms with Gasteiger partial charge in [0.05, 0.1) is 6.04 Å². The highest BCUT2D eigenvalue weighted by molar-refractivity contribution is 7.86. The lowest BCUT2D eigenvalue weighted by molar-refractivity contribution is -0.145. The molecule has 2 heterocycles. The summed E-state index contributed by atoms with van der Waals surface area (Å²) in [6.45, 7) is 8.61. The molecule has 12 nitrogen and oxygen atoms in total. The molecule has 2 aliphatic heterocycles. The van der Waals surface area contributed by atoms with Gasteiger partial charge in [-0.3, -0.25) is 23.7 Å². The Morgan fingerprint density at radius 2 is 1.76 bits per heavy atom. The van der Waals surface area contributed by atoms with Crippen LogP contribution in [0.15, 0.2) is 0 Å². The highest BCUT2D eigenvalue weighted by Crippen LogP contribution is 2.65. The molecule has 2 aliphatic carbocycles. The summed E-state index contributed by atoms with van der Waals surface area (Å²) in [6.07, 6.45) is 5.08. The molecule has 4 aliphatic rings. The van der Waals surface area contributed by atoms with E-state index in [9.17, 15) is 37.3 Å². The van der Waals surface area contributed by atoms with Gasteiger partial charge in [0, 0.05) is 25.4 Å². The molecule has 232 valence electrons. The summed E-state index contributed by atoms with van der Waals surface area (Å²) in [6, 6.07) is -3.16. The van der Waals surface area contributed by atoms with Crippen LogP contribution in [0.3, 0.4) is 0 Å². The molecule has 2 saturated carbocycles. The van der Waals surface area contributed by atoms with Gasteiger partial charge in [-0.05, 0) is 54.8 Å². The van der Waals surface area contributed by atoms with Crippen molar-refractivity contribution in [2.45, 2.75) is 103 Å². The predicted molar refractivity (Wildman–Crippen MR) is 149 cm³/mol. The first kappa shape index (κ1) is 31.7. The second kappa shape index (κ2) is 12.2. The summed E-state index contributed by atoms with van der Waals surface area (Å²) in [5.41, 5.74) is -2.57. The van der Waals surface area contributed by atoms with E-state index in [1.54, 1.807) is 0 Å². The van der Waals surface area contributed by atoms with Crippen molar-refractivity contribution in [3.63, 3.8) is 0 Å². The number of rotatable bonds is 11. The molecule has 5 N–H and O–H groups in total. The average molecular weight is 599 g/mol. The van der Waals surface area contributed by atoms with Gasteiger partial charge in [-0.15, -0.1) is 0 Å². The highest BCUT2D eigenvalue weighted by Gasteiger charge is 2.69. The Bertz CT molecular complexity index is 1140. The zero-order chi connectivity index (χ0) is 30.3. The van der Waals surface area contributed by atoms with Gasteiger partial charge in [0.2, 0.25) is 29.1 Å². The maximum atomic E-state index is 14.2. The minimum absolute atomic E-state index is 0.0454. The first-order valence-corrected chi connectivity index (χ1v) is 16.5. The molecule has 13 heteroatoms. The molecular formula is C28H46N4O8S. The van der Waals surface area contributed by atoms with E-state index in [0.717, 1.165) is 32.1 Å². The number of fused-ring (bicyclic) bond motifs is 1. The van der Waals surface area contributed by atoms with E-state index >= 15 is 0 Å². The number of hydrogen-bond acceptors (Lipinski definition) is 7. The van der Waals surface area contributed by atoms with Crippen LogP contribution in [0.4, 0.5) is 0 Å². The largest absolute Gasteiger partial charge is 0.374 e. The van der Waals surface area contributed by atoms with Gasteiger partial charge < -0.3 is 26.0 Å². The second-order valence-electron chi connectivity index (χ2n) is 13.5. The minimum atomic E-state index is -4.96. The molecule has 0 aromatic carbocycles. The van der Waals surface area contributed by atoms with Crippen LogP contribution in [0.25, 0.3) is 0 Å². The Balaban J connectivity index is 1.58. The Hall–Kier alpha value is -2.25. The maximum Gasteiger partial charge on any atom is 0.294 e. The van der Waals surface area contributed by atoms with Crippen molar-refractivity contribution in [2.75, 3.05) is 13.1 Å². The summed E-state index contributed by atoms with van der Waals surface area (Å²) >= 11 is 0. The summed E-state index contributed by atoms with van der Waals surface area (Å²) in [4.78, 5) is 54.5. The fourth-order valence-electron chi connectivity index (χ4n) is 7.34. The number of nitrogens with zero attached hydrogens (tertiary/aromatic N) is 1. The van der Waals surface area contributed by atoms with Crippen LogP contribution in [-0.4, -0.2) is 83.3 Å². The molecule has 1 unspecified atom stereocenters. The fraction of sp³-hybridized carbons (Fsp3) is 0.857. The molecule has 4 amide bonds. The van der Waals surface area contributed by atoms with E-state index in [0.29, 0.717) is 19.5 Å². The van der Waals surface area contributed by atoms with Crippen LogP contribution in [0, 0.1) is 35.0 Å². The van der Waals surface area contributed by atoms with E-state index in [4.69, 9.17) is 0 Å². The standard InChI is InChI=1S/C28H46N4O8S/c1-15(2)12-20(33)31-22(16-8-6-5-7-9-16)26(36)32-14-18-21(28(18,3)4)23(32)25(35)30-19(27(37)41(38,39)40)13-17-10-11-29-24(17)34/h15-19,21-23,27,37H,5-14H2,1-4H3,(H,29,34)(H,30,35)(H,31,33)(H,38,39,40)/t17-,18-,19-,21-,22-,23-,27?/m0/s1. The number of likely N-dealkylation sites (tertiary alicyclic amines) is 1. The van der Waals surface area contributed by atoms with Gasteiger partial charge >= 0.3 is 0 Å². The van der Waals surface area contributed by atoms with E-state index in [-0.39, 0.29) is 59.6 Å². The Morgan fingerprint density at radius 3 is 2.32 bits per heavy atom. The first-order chi connectivity index (χ1) is 19.1. The SMILES string of the molecule is CC(C)CC(=O)N[C@H](C(=O)N1C[C@H]2[C@@H]([C@H]1C(=O)N[C@@H](C[C@@H]1CCNC1=O)C(O)S(=O)(=O)O)C2(C)C)C1CCCCC1. The lowest BCUT2D eigenvalue weighted by Crippen LogP contribution is -2.60. The molecule has 0 aromatic heterocycles. The van der Waals surface area contributed by atoms with Crippen LogP contribution in [-0.2, 0) is 29.3 Å². The molecule has 2 saturated heterocycles. The number of aliphatic hydroxyl groups excluding tert-OH is 1. The average Bonchev–Trinajstić information content (AvgIpc) is 3.24. The maximum absolute atomic E-state index is 14.2. The summed E-state index contributed by atoms with van der Waals surface area (Å²) in [5.74, 6) is -2.21. The Morgan fingerprint density at radius 1 is 1.10 bits per heavy atom. The number of amides is 4. The van der Waals surface area contributed by atoms with Crippen molar-refractivity contribution in [2.24, 2.45) is 35.0 Å². The zero-order valence-electron chi connectivity index (χ0n) is 24.5. The molecule has 0 radical (unpaired) electrons. The smallest absolute Gasteiger partial charge is 0.294 e. The molecule has 4 rings (SSSR count). The summed E-state index contributed by atoms with van der Waals surface area (Å²) in [5, 5.41) is 18.7. The number of carbonyl (C=O) groups is 4. The van der Waals surface area contributed by atoms with Crippen LogP contribution >= 0.6 is 0 Å². The number of hydrogen-bond donors (Lipinski definition) is 5. The van der Waals surface area contributed by atoms with Gasteiger partial charge in [-0.2, -0.15) is 8.42 Å². The monoisotopic (exact) mass is 598 g/mol. The van der Waals surface area contributed by atoms with Gasteiger partial charge in [0.15, 0.2) is 0 Å². The molecular weight excluding hydrogens is 552 g/mol. The molecule has 0 aromatic rings. The lowest BCUT2D eigenvalue weighted by Gasteiger charge is -2.37. The normalized spacial score (nSPS) is 29.8. The van der Waals surface area contributed by atoms with Crippen molar-refractivity contribution in [3.8, 4) is 0 Å². The zero-order valence-corrected chi connectivity index (χ0v) is 25.3. The van der Waals surface area contributed by atoms with Crippen LogP contribution in [0.2, 0.25) is 0 Å². The summed E-state index contributed by atoms with van der Waals surface area (Å²) in [7, 11) is -4.96. The van der Waals surface area contributed by atoms with Crippen LogP contribution in [0.1, 0.15) is 79.1 Å². The quantitative estimate of drug-likeness (QED) is 0.216.